The first-order valence-corrected chi connectivity index (χ1v) is 44.8. The second kappa shape index (κ2) is 78.6. The van der Waals surface area contributed by atoms with E-state index in [0.29, 0.717) is 25.7 Å². The summed E-state index contributed by atoms with van der Waals surface area (Å²) in [4.78, 5) is 73.2. The Hall–Kier alpha value is -4.54. The first kappa shape index (κ1) is 101. The third-order valence-corrected chi connectivity index (χ3v) is 19.3. The predicted octanol–water partition coefficient (Wildman–Crippen LogP) is 24.7. The van der Waals surface area contributed by atoms with E-state index in [4.69, 9.17) is 37.0 Å². The molecule has 0 spiro atoms. The Morgan fingerprint density at radius 3 is 0.774 bits per heavy atom. The van der Waals surface area contributed by atoms with E-state index in [9.17, 15) is 43.2 Å². The molecule has 19 heteroatoms. The molecule has 106 heavy (non-hydrogen) atoms. The summed E-state index contributed by atoms with van der Waals surface area (Å²) in [6.07, 6.45) is 87.3. The Balaban J connectivity index is 5.39. The fraction of sp³-hybridized carbons (Fsp3) is 0.724. The molecule has 5 atom stereocenters. The summed E-state index contributed by atoms with van der Waals surface area (Å²) in [5.74, 6) is -2.22. The molecule has 0 saturated carbocycles. The lowest BCUT2D eigenvalue weighted by atomic mass is 10.0. The Kier molecular flexibility index (Phi) is 75.2. The third kappa shape index (κ3) is 77.6. The first-order valence-electron chi connectivity index (χ1n) is 41.8. The lowest BCUT2D eigenvalue weighted by molar-refractivity contribution is -0.161. The van der Waals surface area contributed by atoms with Gasteiger partial charge in [-0.2, -0.15) is 0 Å². The van der Waals surface area contributed by atoms with E-state index in [1.54, 1.807) is 0 Å². The number of carbonyl (C=O) groups is 4. The molecule has 0 aromatic carbocycles. The molecule has 0 aliphatic heterocycles. The van der Waals surface area contributed by atoms with Crippen molar-refractivity contribution in [3.8, 4) is 0 Å². The largest absolute Gasteiger partial charge is 0.472 e. The van der Waals surface area contributed by atoms with E-state index in [2.05, 4.69) is 149 Å². The molecular weight excluding hydrogens is 1380 g/mol. The summed E-state index contributed by atoms with van der Waals surface area (Å²) >= 11 is 0. The molecule has 0 aliphatic carbocycles. The van der Waals surface area contributed by atoms with Crippen molar-refractivity contribution in [2.45, 2.75) is 367 Å². The maximum absolute atomic E-state index is 13.1. The van der Waals surface area contributed by atoms with E-state index in [0.717, 1.165) is 186 Å². The molecule has 17 nitrogen and oxygen atoms in total. The molecule has 0 aromatic heterocycles. The van der Waals surface area contributed by atoms with Gasteiger partial charge in [-0.25, -0.2) is 9.13 Å². The van der Waals surface area contributed by atoms with Gasteiger partial charge in [0.1, 0.15) is 19.3 Å². The Labute approximate surface area is 644 Å². The van der Waals surface area contributed by atoms with Crippen LogP contribution in [-0.2, 0) is 65.4 Å². The van der Waals surface area contributed by atoms with E-state index >= 15 is 0 Å². The van der Waals surface area contributed by atoms with Crippen molar-refractivity contribution in [2.75, 3.05) is 39.6 Å². The topological polar surface area (TPSA) is 237 Å². The summed E-state index contributed by atoms with van der Waals surface area (Å²) in [7, 11) is -9.98. The molecule has 0 saturated heterocycles. The van der Waals surface area contributed by atoms with Crippen LogP contribution in [0.4, 0.5) is 0 Å². The highest BCUT2D eigenvalue weighted by molar-refractivity contribution is 7.47. The highest BCUT2D eigenvalue weighted by Gasteiger charge is 2.30. The smallest absolute Gasteiger partial charge is 0.462 e. The summed E-state index contributed by atoms with van der Waals surface area (Å²) in [5.41, 5.74) is 0. The zero-order chi connectivity index (χ0) is 77.4. The number of aliphatic hydroxyl groups excluding tert-OH is 1. The van der Waals surface area contributed by atoms with Gasteiger partial charge in [0.2, 0.25) is 0 Å². The summed E-state index contributed by atoms with van der Waals surface area (Å²) in [6, 6.07) is 0. The molecule has 0 heterocycles. The molecule has 3 N–H and O–H groups in total. The molecule has 0 fully saturated rings. The Morgan fingerprint density at radius 2 is 0.491 bits per heavy atom. The van der Waals surface area contributed by atoms with Crippen LogP contribution in [0.1, 0.15) is 349 Å². The van der Waals surface area contributed by atoms with Crippen LogP contribution in [-0.4, -0.2) is 96.7 Å². The van der Waals surface area contributed by atoms with Crippen molar-refractivity contribution >= 4 is 39.5 Å². The molecule has 0 rings (SSSR count). The van der Waals surface area contributed by atoms with Crippen molar-refractivity contribution in [3.05, 3.63) is 122 Å². The van der Waals surface area contributed by atoms with Crippen LogP contribution in [0, 0.1) is 0 Å². The number of carbonyl (C=O) groups excluding carboxylic acids is 4. The standard InChI is InChI=1S/C87H150O17P2/c1-5-9-13-17-21-25-29-33-37-39-40-42-46-48-52-56-60-64-68-72-85(90)98-78-83(104-87(92)74-70-66-62-58-54-50-44-36-32-28-24-20-16-12-8-4)80-102-106(95,96)100-76-81(88)75-99-105(93,94)101-79-82(103-86(91)73-69-65-61-57-53-49-43-35-31-27-23-19-15-11-7-3)77-97-84(89)71-67-63-59-55-51-47-45-41-38-34-30-26-22-18-14-10-6-2/h10-11,14-15,21-23,25-27,33-35,37-38,40,42-43,45,47,81-83,88H,5-9,12-13,16-20,24,28-32,36,39,41,44,46,48-80H2,1-4H3,(H,93,94)(H,95,96)/b14-10-,15-11-,25-21-,26-22-,27-23-,37-33-,38-34-,42-40-,43-35-,47-45-. The average Bonchev–Trinajstić information content (AvgIpc) is 0.928. The second-order valence-electron chi connectivity index (χ2n) is 27.7. The normalized spacial score (nSPS) is 14.4. The molecule has 0 aliphatic rings. The van der Waals surface area contributed by atoms with Gasteiger partial charge in [-0.1, -0.05) is 310 Å². The van der Waals surface area contributed by atoms with Gasteiger partial charge < -0.3 is 33.8 Å². The number of ether oxygens (including phenoxy) is 4. The zero-order valence-corrected chi connectivity index (χ0v) is 68.6. The second-order valence-corrected chi connectivity index (χ2v) is 30.6. The number of esters is 4. The number of aliphatic hydroxyl groups is 1. The van der Waals surface area contributed by atoms with Crippen LogP contribution in [0.15, 0.2) is 122 Å². The molecule has 0 amide bonds. The van der Waals surface area contributed by atoms with Crippen LogP contribution < -0.4 is 0 Å². The molecule has 0 radical (unpaired) electrons. The van der Waals surface area contributed by atoms with Crippen molar-refractivity contribution in [2.24, 2.45) is 0 Å². The van der Waals surface area contributed by atoms with Crippen LogP contribution in [0.3, 0.4) is 0 Å². The zero-order valence-electron chi connectivity index (χ0n) is 66.8. The molecule has 0 bridgehead atoms. The monoisotopic (exact) mass is 1530 g/mol. The Morgan fingerprint density at radius 1 is 0.274 bits per heavy atom. The molecule has 0 aromatic rings. The van der Waals surface area contributed by atoms with E-state index in [1.807, 2.05) is 0 Å². The maximum Gasteiger partial charge on any atom is 0.472 e. The molecular formula is C87H150O17P2. The highest BCUT2D eigenvalue weighted by Crippen LogP contribution is 2.45. The number of phosphoric acid groups is 2. The van der Waals surface area contributed by atoms with Gasteiger partial charge in [0.15, 0.2) is 12.2 Å². The van der Waals surface area contributed by atoms with Gasteiger partial charge in [-0.15, -0.1) is 0 Å². The van der Waals surface area contributed by atoms with E-state index in [1.165, 1.54) is 83.5 Å². The van der Waals surface area contributed by atoms with Crippen LogP contribution >= 0.6 is 15.6 Å². The minimum atomic E-state index is -4.99. The quantitative estimate of drug-likeness (QED) is 0.0169. The average molecular weight is 1530 g/mol. The maximum atomic E-state index is 13.1. The number of rotatable bonds is 78. The van der Waals surface area contributed by atoms with Gasteiger partial charge in [0.25, 0.3) is 0 Å². The van der Waals surface area contributed by atoms with Crippen LogP contribution in [0.2, 0.25) is 0 Å². The predicted molar refractivity (Wildman–Crippen MR) is 436 cm³/mol. The van der Waals surface area contributed by atoms with Crippen molar-refractivity contribution in [1.82, 2.24) is 0 Å². The minimum absolute atomic E-state index is 0.0678. The fourth-order valence-electron chi connectivity index (χ4n) is 11.1. The number of hydrogen-bond acceptors (Lipinski definition) is 15. The fourth-order valence-corrected chi connectivity index (χ4v) is 12.7. The van der Waals surface area contributed by atoms with E-state index in [-0.39, 0.29) is 25.7 Å². The SMILES string of the molecule is CC/C=C\C/C=C\C/C=C\C/C=C\CCCCCCC(=O)OCC(COP(=O)(O)OCC(O)COP(=O)(O)OCC(COC(=O)CCCCCCCC/C=C\C/C=C\C/C=C\CCCCC)OC(=O)CCCCCCCCCCCCCCCCC)OC(=O)CCCCCCC/C=C\C/C=C\C/C=C\CC. The Bertz CT molecular complexity index is 2480. The van der Waals surface area contributed by atoms with Crippen LogP contribution in [0.25, 0.3) is 0 Å². The number of hydrogen-bond donors (Lipinski definition) is 3. The highest BCUT2D eigenvalue weighted by atomic mass is 31.2. The number of phosphoric ester groups is 2. The minimum Gasteiger partial charge on any atom is -0.462 e. The van der Waals surface area contributed by atoms with Crippen molar-refractivity contribution in [1.29, 1.82) is 0 Å². The lowest BCUT2D eigenvalue weighted by Crippen LogP contribution is -2.30. The van der Waals surface area contributed by atoms with Gasteiger partial charge >= 0.3 is 39.5 Å². The third-order valence-electron chi connectivity index (χ3n) is 17.4. The first-order chi connectivity index (χ1) is 51.7. The molecule has 5 unspecified atom stereocenters. The van der Waals surface area contributed by atoms with Gasteiger partial charge in [-0.05, 0) is 135 Å². The summed E-state index contributed by atoms with van der Waals surface area (Å²) in [5, 5.41) is 10.7. The summed E-state index contributed by atoms with van der Waals surface area (Å²) in [6.45, 7) is 4.61. The van der Waals surface area contributed by atoms with Gasteiger partial charge in [-0.3, -0.25) is 37.3 Å². The van der Waals surface area contributed by atoms with Crippen LogP contribution in [0.5, 0.6) is 0 Å². The van der Waals surface area contributed by atoms with Crippen molar-refractivity contribution < 1.29 is 80.2 Å². The molecule has 610 valence electrons. The number of unbranched alkanes of at least 4 members (excludes halogenated alkanes) is 32. The summed E-state index contributed by atoms with van der Waals surface area (Å²) < 4.78 is 68.7. The van der Waals surface area contributed by atoms with Gasteiger partial charge in [0.05, 0.1) is 26.4 Å². The lowest BCUT2D eigenvalue weighted by Gasteiger charge is -2.21. The van der Waals surface area contributed by atoms with E-state index < -0.39 is 97.5 Å². The van der Waals surface area contributed by atoms with Crippen molar-refractivity contribution in [3.63, 3.8) is 0 Å². The number of allylic oxidation sites excluding steroid dienone is 20. The van der Waals surface area contributed by atoms with Gasteiger partial charge in [0, 0.05) is 25.7 Å².